The lowest BCUT2D eigenvalue weighted by Gasteiger charge is -2.17. The molecule has 0 unspecified atom stereocenters. The van der Waals surface area contributed by atoms with Crippen LogP contribution in [0, 0.1) is 13.8 Å². The zero-order chi connectivity index (χ0) is 25.1. The van der Waals surface area contributed by atoms with Gasteiger partial charge in [-0.25, -0.2) is 4.57 Å². The summed E-state index contributed by atoms with van der Waals surface area (Å²) in [4.78, 5) is 0. The van der Waals surface area contributed by atoms with Crippen LogP contribution in [0.5, 0.6) is 0 Å². The van der Waals surface area contributed by atoms with Crippen LogP contribution in [0.4, 0.5) is 0 Å². The lowest BCUT2D eigenvalue weighted by molar-refractivity contribution is -0.660. The quantitative estimate of drug-likeness (QED) is 0.279. The zero-order valence-electron chi connectivity index (χ0n) is 22.6. The molecule has 0 amide bonds. The number of rotatable bonds is 3. The normalized spacial score (nSPS) is 14.8. The molecule has 1 heterocycles. The van der Waals surface area contributed by atoms with Crippen LogP contribution < -0.4 is 4.57 Å². The molecular formula is C30H30N+. The predicted molar refractivity (Wildman–Crippen MR) is 130 cm³/mol. The van der Waals surface area contributed by atoms with Gasteiger partial charge in [-0.2, -0.15) is 0 Å². The fourth-order valence-corrected chi connectivity index (χ4v) is 4.92. The molecule has 0 bridgehead atoms. The lowest BCUT2D eigenvalue weighted by atomic mass is 9.87. The van der Waals surface area contributed by atoms with Gasteiger partial charge in [0.05, 0.1) is 0 Å². The molecule has 1 aliphatic rings. The van der Waals surface area contributed by atoms with Crippen LogP contribution >= 0.6 is 0 Å². The van der Waals surface area contributed by atoms with Gasteiger partial charge >= 0.3 is 0 Å². The second-order valence-electron chi connectivity index (χ2n) is 8.75. The number of hydrogen-bond donors (Lipinski definition) is 0. The van der Waals surface area contributed by atoms with Gasteiger partial charge in [0.15, 0.2) is 6.20 Å². The van der Waals surface area contributed by atoms with Gasteiger partial charge in [0.25, 0.3) is 0 Å². The van der Waals surface area contributed by atoms with E-state index in [0.717, 1.165) is 23.2 Å². The molecule has 5 rings (SSSR count). The van der Waals surface area contributed by atoms with Gasteiger partial charge in [0.2, 0.25) is 5.69 Å². The van der Waals surface area contributed by atoms with Crippen LogP contribution in [0.25, 0.3) is 33.5 Å². The molecule has 31 heavy (non-hydrogen) atoms. The zero-order valence-corrected chi connectivity index (χ0v) is 18.6. The Hall–Kier alpha value is -3.19. The van der Waals surface area contributed by atoms with Crippen LogP contribution in [-0.2, 0) is 13.5 Å². The SMILES string of the molecule is [2H]C([2H])([2H])c1c[n+](C)c(-c2cc(-c3ccccc3)c3c(c2C)Cc2ccccc2-3)cc1C([2H])(C)C. The highest BCUT2D eigenvalue weighted by atomic mass is 14.9. The molecule has 0 spiro atoms. The van der Waals surface area contributed by atoms with E-state index >= 15 is 0 Å². The maximum atomic E-state index is 8.71. The van der Waals surface area contributed by atoms with Crippen molar-refractivity contribution in [1.82, 2.24) is 0 Å². The summed E-state index contributed by atoms with van der Waals surface area (Å²) >= 11 is 0. The molecule has 154 valence electrons. The highest BCUT2D eigenvalue weighted by molar-refractivity contribution is 5.94. The van der Waals surface area contributed by atoms with Crippen LogP contribution in [0.1, 0.15) is 53.0 Å². The molecule has 0 fully saturated rings. The van der Waals surface area contributed by atoms with Crippen molar-refractivity contribution in [3.05, 3.63) is 101 Å². The average molecular weight is 409 g/mol. The molecule has 3 aromatic carbocycles. The molecule has 1 heteroatoms. The largest absolute Gasteiger partial charge is 0.212 e. The molecule has 0 saturated carbocycles. The van der Waals surface area contributed by atoms with Crippen molar-refractivity contribution in [2.45, 2.75) is 39.9 Å². The van der Waals surface area contributed by atoms with Crippen LogP contribution in [0.2, 0.25) is 0 Å². The van der Waals surface area contributed by atoms with Gasteiger partial charge in [-0.15, -0.1) is 0 Å². The summed E-state index contributed by atoms with van der Waals surface area (Å²) in [5, 5.41) is 0. The topological polar surface area (TPSA) is 3.88 Å². The molecule has 0 saturated heterocycles. The Morgan fingerprint density at radius 2 is 1.68 bits per heavy atom. The van der Waals surface area contributed by atoms with Crippen molar-refractivity contribution in [3.8, 4) is 33.5 Å². The third kappa shape index (κ3) is 3.20. The Morgan fingerprint density at radius 1 is 0.935 bits per heavy atom. The van der Waals surface area contributed by atoms with Crippen LogP contribution in [-0.4, -0.2) is 0 Å². The number of aromatic nitrogens is 1. The average Bonchev–Trinajstić information content (AvgIpc) is 3.19. The Kier molecular flexibility index (Phi) is 3.77. The van der Waals surface area contributed by atoms with Gasteiger partial charge in [0.1, 0.15) is 7.05 Å². The summed E-state index contributed by atoms with van der Waals surface area (Å²) in [5.41, 5.74) is 11.5. The number of nitrogens with zero attached hydrogens (tertiary/aromatic N) is 1. The van der Waals surface area contributed by atoms with E-state index in [4.69, 9.17) is 5.48 Å². The fraction of sp³-hybridized carbons (Fsp3) is 0.233. The van der Waals surface area contributed by atoms with Crippen molar-refractivity contribution in [2.75, 3.05) is 0 Å². The first-order valence-corrected chi connectivity index (χ1v) is 10.8. The fourth-order valence-electron chi connectivity index (χ4n) is 4.92. The van der Waals surface area contributed by atoms with Gasteiger partial charge in [0, 0.05) is 22.7 Å². The summed E-state index contributed by atoms with van der Waals surface area (Å²) in [7, 11) is 1.90. The smallest absolute Gasteiger partial charge is 0.201 e. The second kappa shape index (κ2) is 7.50. The highest BCUT2D eigenvalue weighted by Gasteiger charge is 2.28. The van der Waals surface area contributed by atoms with Crippen molar-refractivity contribution >= 4 is 0 Å². The Bertz CT molecular complexity index is 1440. The first-order valence-electron chi connectivity index (χ1n) is 12.8. The third-order valence-electron chi connectivity index (χ3n) is 6.54. The third-order valence-corrected chi connectivity index (χ3v) is 6.54. The van der Waals surface area contributed by atoms with E-state index < -0.39 is 12.7 Å². The van der Waals surface area contributed by atoms with Gasteiger partial charge < -0.3 is 0 Å². The minimum absolute atomic E-state index is 0.234. The molecule has 1 nitrogen and oxygen atoms in total. The Balaban J connectivity index is 1.83. The minimum Gasteiger partial charge on any atom is -0.201 e. The summed E-state index contributed by atoms with van der Waals surface area (Å²) < 4.78 is 34.8. The second-order valence-corrected chi connectivity index (χ2v) is 8.75. The van der Waals surface area contributed by atoms with Crippen molar-refractivity contribution in [1.29, 1.82) is 0 Å². The first-order chi connectivity index (χ1) is 16.5. The van der Waals surface area contributed by atoms with E-state index in [9.17, 15) is 0 Å². The number of pyridine rings is 1. The van der Waals surface area contributed by atoms with Crippen molar-refractivity contribution < 1.29 is 10.1 Å². The molecule has 0 N–H and O–H groups in total. The number of benzene rings is 3. The highest BCUT2D eigenvalue weighted by Crippen LogP contribution is 2.47. The number of fused-ring (bicyclic) bond motifs is 3. The minimum atomic E-state index is -2.28. The predicted octanol–water partition coefficient (Wildman–Crippen LogP) is 7.16. The molecule has 1 aliphatic carbocycles. The number of hydrogen-bond acceptors (Lipinski definition) is 0. The lowest BCUT2D eigenvalue weighted by Crippen LogP contribution is -2.32. The van der Waals surface area contributed by atoms with E-state index in [0.29, 0.717) is 5.56 Å². The van der Waals surface area contributed by atoms with Gasteiger partial charge in [-0.1, -0.05) is 68.4 Å². The Labute approximate surface area is 191 Å². The van der Waals surface area contributed by atoms with Crippen molar-refractivity contribution in [2.24, 2.45) is 7.05 Å². The first kappa shape index (κ1) is 15.6. The molecule has 4 aromatic rings. The standard InChI is InChI=1S/C30H30N/c1-19(2)25-17-29(31(5)18-20(25)3)26-16-28(22-11-7-6-8-12-22)30-24-14-10-9-13-23(24)15-27(30)21(26)4/h6-14,16-19H,15H2,1-5H3/q+1/i3D3,19D. The van der Waals surface area contributed by atoms with Gasteiger partial charge in [-0.05, 0) is 76.7 Å². The van der Waals surface area contributed by atoms with E-state index in [-0.39, 0.29) is 5.56 Å². The number of aryl methyl sites for hydroxylation is 2. The molecule has 0 atom stereocenters. The molecule has 1 aromatic heterocycles. The van der Waals surface area contributed by atoms with E-state index in [1.165, 1.54) is 33.4 Å². The maximum absolute atomic E-state index is 8.71. The summed E-state index contributed by atoms with van der Waals surface area (Å²) in [5.74, 6) is -1.05. The van der Waals surface area contributed by atoms with Crippen LogP contribution in [0.15, 0.2) is 72.9 Å². The monoisotopic (exact) mass is 408 g/mol. The van der Waals surface area contributed by atoms with E-state index in [2.05, 4.69) is 61.5 Å². The summed E-state index contributed by atoms with van der Waals surface area (Å²) in [6.07, 6.45) is 2.57. The van der Waals surface area contributed by atoms with Crippen LogP contribution in [0.3, 0.4) is 0 Å². The molecule has 0 aliphatic heterocycles. The van der Waals surface area contributed by atoms with Crippen molar-refractivity contribution in [3.63, 3.8) is 0 Å². The molecule has 0 radical (unpaired) electrons. The van der Waals surface area contributed by atoms with E-state index in [1.54, 1.807) is 20.0 Å². The Morgan fingerprint density at radius 3 is 2.42 bits per heavy atom. The maximum Gasteiger partial charge on any atom is 0.212 e. The molecular weight excluding hydrogens is 374 g/mol. The summed E-state index contributed by atoms with van der Waals surface area (Å²) in [6, 6.07) is 23.2. The summed E-state index contributed by atoms with van der Waals surface area (Å²) in [6.45, 7) is 3.39. The van der Waals surface area contributed by atoms with E-state index in [1.807, 2.05) is 23.7 Å². The van der Waals surface area contributed by atoms with Gasteiger partial charge in [-0.3, -0.25) is 0 Å².